The van der Waals surface area contributed by atoms with Crippen LogP contribution < -0.4 is 5.56 Å². The standard InChI is InChI=1S/C11H17N4O13P3S/c1-4-13-9-6(10(18)14-4)12-3-15(9)11-8(17)7(16)5(32-11)2-26-30(22,23)28-31(24,25)27-29(19,20)21/h3,5,7-8,11,16-17H,2H2,1H3,(H,22,23)(H,24,25)(H,13,14,18)(H2,19,20,21)/t5-,7-,8-,11-/m1/s1. The first-order chi connectivity index (χ1) is 14.6. The molecule has 2 aromatic heterocycles. The average Bonchev–Trinajstić information content (AvgIpc) is 3.12. The topological polar surface area (TPSA) is 264 Å². The van der Waals surface area contributed by atoms with Gasteiger partial charge >= 0.3 is 23.5 Å². The molecule has 1 fully saturated rings. The Bertz CT molecular complexity index is 1210. The van der Waals surface area contributed by atoms with Gasteiger partial charge in [0.25, 0.3) is 5.56 Å². The lowest BCUT2D eigenvalue weighted by Gasteiger charge is -2.19. The average molecular weight is 538 g/mol. The monoisotopic (exact) mass is 538 g/mol. The fraction of sp³-hybridized carbons (Fsp3) is 0.545. The first kappa shape index (κ1) is 25.6. The predicted molar refractivity (Wildman–Crippen MR) is 105 cm³/mol. The number of aromatic nitrogens is 4. The van der Waals surface area contributed by atoms with Crippen molar-refractivity contribution in [3.05, 3.63) is 22.5 Å². The highest BCUT2D eigenvalue weighted by atomic mass is 32.2. The molecule has 3 rings (SSSR count). The van der Waals surface area contributed by atoms with Crippen LogP contribution in [0.4, 0.5) is 0 Å². The van der Waals surface area contributed by atoms with E-state index in [9.17, 15) is 33.6 Å². The van der Waals surface area contributed by atoms with Crippen LogP contribution in [-0.2, 0) is 26.8 Å². The number of hydrogen-bond acceptors (Lipinski definition) is 12. The predicted octanol–water partition coefficient (Wildman–Crippen LogP) is -0.893. The maximum absolute atomic E-state index is 12.0. The fourth-order valence-electron chi connectivity index (χ4n) is 2.79. The lowest BCUT2D eigenvalue weighted by Crippen LogP contribution is -2.33. The number of nitrogens with one attached hydrogen (secondary N) is 1. The number of fused-ring (bicyclic) bond motifs is 1. The summed E-state index contributed by atoms with van der Waals surface area (Å²) in [5.41, 5.74) is -0.424. The molecule has 6 atom stereocenters. The number of H-pyrrole nitrogens is 1. The van der Waals surface area contributed by atoms with Crippen LogP contribution >= 0.6 is 35.2 Å². The summed E-state index contributed by atoms with van der Waals surface area (Å²) in [6.45, 7) is 0.722. The summed E-state index contributed by atoms with van der Waals surface area (Å²) in [6, 6.07) is 0. The molecular formula is C11H17N4O13P3S. The Kier molecular flexibility index (Phi) is 7.21. The number of hydrogen-bond donors (Lipinski definition) is 7. The first-order valence-electron chi connectivity index (χ1n) is 8.32. The number of rotatable bonds is 8. The third kappa shape index (κ3) is 5.93. The number of nitrogens with zero attached hydrogens (tertiary/aromatic N) is 3. The van der Waals surface area contributed by atoms with Gasteiger partial charge in [-0.05, 0) is 6.92 Å². The quantitative estimate of drug-likeness (QED) is 0.201. The van der Waals surface area contributed by atoms with Crippen molar-refractivity contribution in [1.29, 1.82) is 0 Å². The van der Waals surface area contributed by atoms with Gasteiger partial charge in [-0.25, -0.2) is 23.7 Å². The molecule has 0 saturated carbocycles. The third-order valence-corrected chi connectivity index (χ3v) is 9.33. The maximum atomic E-state index is 12.0. The number of phosphoric acid groups is 3. The number of phosphoric ester groups is 1. The molecule has 180 valence electrons. The molecule has 3 heterocycles. The molecule has 1 saturated heterocycles. The zero-order valence-electron chi connectivity index (χ0n) is 15.7. The van der Waals surface area contributed by atoms with Crippen molar-refractivity contribution < 1.29 is 56.6 Å². The molecule has 0 bridgehead atoms. The lowest BCUT2D eigenvalue weighted by molar-refractivity contribution is 0.0111. The van der Waals surface area contributed by atoms with E-state index in [0.717, 1.165) is 11.8 Å². The summed E-state index contributed by atoms with van der Waals surface area (Å²) < 4.78 is 46.9. The second kappa shape index (κ2) is 9.00. The Morgan fingerprint density at radius 2 is 1.78 bits per heavy atom. The SMILES string of the molecule is Cc1nc2c(ncn2[C@@H]2S[C@H](COP(=O)(O)OP(=O)(O)OP(=O)(O)O)[C@@H](O)[C@H]2O)c(=O)[nH]1. The van der Waals surface area contributed by atoms with Gasteiger partial charge in [0.15, 0.2) is 11.2 Å². The van der Waals surface area contributed by atoms with E-state index < -0.39 is 58.5 Å². The number of aliphatic hydroxyl groups is 2. The summed E-state index contributed by atoms with van der Waals surface area (Å²) in [5, 5.41) is 18.6. The first-order valence-corrected chi connectivity index (χ1v) is 13.8. The van der Waals surface area contributed by atoms with Gasteiger partial charge in [-0.1, -0.05) is 0 Å². The van der Waals surface area contributed by atoms with Crippen LogP contribution in [0.25, 0.3) is 11.2 Å². The molecule has 2 aromatic rings. The Hall–Kier alpha value is -0.970. The van der Waals surface area contributed by atoms with E-state index in [1.807, 2.05) is 0 Å². The molecule has 2 unspecified atom stereocenters. The molecule has 0 amide bonds. The fourth-order valence-corrected chi connectivity index (χ4v) is 7.37. The highest BCUT2D eigenvalue weighted by Crippen LogP contribution is 2.66. The van der Waals surface area contributed by atoms with Gasteiger partial charge in [0.05, 0.1) is 24.3 Å². The number of thioether (sulfide) groups is 1. The van der Waals surface area contributed by atoms with Crippen molar-refractivity contribution in [3.8, 4) is 0 Å². The number of imidazole rings is 1. The van der Waals surface area contributed by atoms with Crippen molar-refractivity contribution in [1.82, 2.24) is 19.5 Å². The Morgan fingerprint density at radius 1 is 1.12 bits per heavy atom. The summed E-state index contributed by atoms with van der Waals surface area (Å²) in [5.74, 6) is 0.270. The largest absolute Gasteiger partial charge is 0.490 e. The zero-order chi connectivity index (χ0) is 24.1. The van der Waals surface area contributed by atoms with Crippen LogP contribution in [0.5, 0.6) is 0 Å². The van der Waals surface area contributed by atoms with E-state index in [-0.39, 0.29) is 17.0 Å². The summed E-state index contributed by atoms with van der Waals surface area (Å²) >= 11 is 0.850. The summed E-state index contributed by atoms with van der Waals surface area (Å²) in [4.78, 5) is 58.2. The highest BCUT2D eigenvalue weighted by Gasteiger charge is 2.46. The molecule has 0 spiro atoms. The third-order valence-electron chi connectivity index (χ3n) is 3.98. The molecule has 1 aliphatic heterocycles. The minimum Gasteiger partial charge on any atom is -0.389 e. The minimum atomic E-state index is -5.69. The van der Waals surface area contributed by atoms with Crippen molar-refractivity contribution in [3.63, 3.8) is 0 Å². The van der Waals surface area contributed by atoms with E-state index in [1.165, 1.54) is 17.8 Å². The molecular weight excluding hydrogens is 521 g/mol. The van der Waals surface area contributed by atoms with E-state index in [2.05, 4.69) is 28.1 Å². The molecule has 32 heavy (non-hydrogen) atoms. The molecule has 21 heteroatoms. The number of aliphatic hydroxyl groups excluding tert-OH is 2. The molecule has 0 aromatic carbocycles. The Balaban J connectivity index is 1.72. The van der Waals surface area contributed by atoms with Crippen molar-refractivity contribution in [2.75, 3.05) is 6.61 Å². The van der Waals surface area contributed by atoms with Crippen LogP contribution in [0.1, 0.15) is 11.2 Å². The summed E-state index contributed by atoms with van der Waals surface area (Å²) in [6.07, 6.45) is -1.78. The van der Waals surface area contributed by atoms with Gasteiger partial charge in [0, 0.05) is 0 Å². The number of aryl methyl sites for hydroxylation is 1. The second-order valence-corrected chi connectivity index (χ2v) is 12.2. The van der Waals surface area contributed by atoms with Crippen LogP contribution in [0.2, 0.25) is 0 Å². The summed E-state index contributed by atoms with van der Waals surface area (Å²) in [7, 11) is -16.6. The van der Waals surface area contributed by atoms with E-state index in [1.54, 1.807) is 0 Å². The van der Waals surface area contributed by atoms with Gasteiger partial charge in [-0.2, -0.15) is 8.62 Å². The van der Waals surface area contributed by atoms with Crippen molar-refractivity contribution >= 4 is 46.4 Å². The molecule has 7 N–H and O–H groups in total. The molecule has 0 radical (unpaired) electrons. The van der Waals surface area contributed by atoms with Crippen molar-refractivity contribution in [2.45, 2.75) is 29.8 Å². The second-order valence-electron chi connectivity index (χ2n) is 6.41. The van der Waals surface area contributed by atoms with Crippen LogP contribution in [0, 0.1) is 6.92 Å². The molecule has 1 aliphatic rings. The maximum Gasteiger partial charge on any atom is 0.490 e. The number of aromatic amines is 1. The van der Waals surface area contributed by atoms with Crippen molar-refractivity contribution in [2.24, 2.45) is 0 Å². The lowest BCUT2D eigenvalue weighted by atomic mass is 10.1. The normalized spacial score (nSPS) is 28.0. The smallest absolute Gasteiger partial charge is 0.389 e. The van der Waals surface area contributed by atoms with Gasteiger partial charge in [0.1, 0.15) is 17.3 Å². The molecule has 0 aliphatic carbocycles. The van der Waals surface area contributed by atoms with E-state index >= 15 is 0 Å². The van der Waals surface area contributed by atoms with Gasteiger partial charge in [-0.15, -0.1) is 11.8 Å². The van der Waals surface area contributed by atoms with E-state index in [0.29, 0.717) is 0 Å². The molecule has 17 nitrogen and oxygen atoms in total. The zero-order valence-corrected chi connectivity index (χ0v) is 19.2. The van der Waals surface area contributed by atoms with E-state index in [4.69, 9.17) is 14.7 Å². The van der Waals surface area contributed by atoms with Crippen LogP contribution in [0.15, 0.2) is 11.1 Å². The van der Waals surface area contributed by atoms with Gasteiger partial charge in [0.2, 0.25) is 0 Å². The Labute approximate surface area is 181 Å². The van der Waals surface area contributed by atoms with Crippen LogP contribution in [-0.4, -0.2) is 73.4 Å². The Morgan fingerprint density at radius 3 is 2.41 bits per heavy atom. The van der Waals surface area contributed by atoms with Gasteiger partial charge < -0.3 is 34.8 Å². The van der Waals surface area contributed by atoms with Crippen LogP contribution in [0.3, 0.4) is 0 Å². The highest BCUT2D eigenvalue weighted by molar-refractivity contribution is 8.00. The minimum absolute atomic E-state index is 0.0189. The van der Waals surface area contributed by atoms with Gasteiger partial charge in [-0.3, -0.25) is 13.9 Å².